The minimum absolute atomic E-state index is 0.252. The van der Waals surface area contributed by atoms with E-state index in [4.69, 9.17) is 9.47 Å². The quantitative estimate of drug-likeness (QED) is 0.769. The Bertz CT molecular complexity index is 536. The molecule has 6 nitrogen and oxygen atoms in total. The molecule has 24 heavy (non-hydrogen) atoms. The molecule has 0 atom stereocenters. The summed E-state index contributed by atoms with van der Waals surface area (Å²) in [5.41, 5.74) is 2.40. The zero-order valence-corrected chi connectivity index (χ0v) is 14.8. The van der Waals surface area contributed by atoms with Crippen LogP contribution in [-0.2, 0) is 19.1 Å². The Hall–Kier alpha value is -2.50. The lowest BCUT2D eigenvalue weighted by Gasteiger charge is -2.22. The standard InChI is InChI=1S/C13H19NO4.C5H7N/c1-5-17-12(15)10-7-11(13(16)18-6-2)9(4)14-8(10)3;1-2-4-6-5-3-1/h14H,5-7H2,1-4H3;1-4,6H,5H2. The first-order valence-electron chi connectivity index (χ1n) is 8.07. The van der Waals surface area contributed by atoms with Crippen molar-refractivity contribution in [3.8, 4) is 0 Å². The van der Waals surface area contributed by atoms with Gasteiger partial charge in [0.2, 0.25) is 0 Å². The van der Waals surface area contributed by atoms with Crippen LogP contribution in [0.25, 0.3) is 0 Å². The summed E-state index contributed by atoms with van der Waals surface area (Å²) in [7, 11) is 0. The molecule has 0 radical (unpaired) electrons. The Kier molecular flexibility index (Phi) is 8.39. The van der Waals surface area contributed by atoms with Crippen LogP contribution >= 0.6 is 0 Å². The number of carbonyl (C=O) groups excluding carboxylic acids is 2. The fourth-order valence-corrected chi connectivity index (χ4v) is 2.17. The van der Waals surface area contributed by atoms with Gasteiger partial charge >= 0.3 is 11.9 Å². The normalized spacial score (nSPS) is 15.8. The van der Waals surface area contributed by atoms with E-state index < -0.39 is 11.9 Å². The molecule has 0 spiro atoms. The number of nitrogens with one attached hydrogen (secondary N) is 2. The first-order chi connectivity index (χ1) is 11.5. The van der Waals surface area contributed by atoms with Gasteiger partial charge < -0.3 is 20.1 Å². The van der Waals surface area contributed by atoms with Crippen LogP contribution in [0.3, 0.4) is 0 Å². The molecule has 0 aliphatic carbocycles. The Morgan fingerprint density at radius 3 is 1.83 bits per heavy atom. The molecule has 2 aliphatic heterocycles. The molecular formula is C18H26N2O4. The predicted molar refractivity (Wildman–Crippen MR) is 92.7 cm³/mol. The summed E-state index contributed by atoms with van der Waals surface area (Å²) in [5, 5.41) is 6.03. The molecule has 0 aromatic heterocycles. The lowest BCUT2D eigenvalue weighted by Crippen LogP contribution is -2.26. The van der Waals surface area contributed by atoms with Crippen LogP contribution in [0.5, 0.6) is 0 Å². The molecule has 0 bridgehead atoms. The van der Waals surface area contributed by atoms with Gasteiger partial charge in [0.05, 0.1) is 24.4 Å². The first-order valence-corrected chi connectivity index (χ1v) is 8.07. The summed E-state index contributed by atoms with van der Waals surface area (Å²) in [6, 6.07) is 0. The van der Waals surface area contributed by atoms with Gasteiger partial charge in [-0.3, -0.25) is 0 Å². The molecule has 0 saturated heterocycles. The number of allylic oxidation sites excluding steroid dienone is 4. The monoisotopic (exact) mass is 334 g/mol. The summed E-state index contributed by atoms with van der Waals surface area (Å²) in [6.07, 6.45) is 8.25. The second-order valence-corrected chi connectivity index (χ2v) is 5.15. The summed E-state index contributed by atoms with van der Waals surface area (Å²) in [6.45, 7) is 8.68. The highest BCUT2D eigenvalue weighted by Gasteiger charge is 2.26. The van der Waals surface area contributed by atoms with E-state index in [2.05, 4.69) is 16.7 Å². The van der Waals surface area contributed by atoms with Gasteiger partial charge in [-0.05, 0) is 40.0 Å². The van der Waals surface area contributed by atoms with Gasteiger partial charge in [0.15, 0.2) is 0 Å². The highest BCUT2D eigenvalue weighted by molar-refractivity contribution is 5.96. The number of carbonyl (C=O) groups is 2. The van der Waals surface area contributed by atoms with Crippen molar-refractivity contribution in [2.75, 3.05) is 19.8 Å². The second-order valence-electron chi connectivity index (χ2n) is 5.15. The largest absolute Gasteiger partial charge is 0.463 e. The van der Waals surface area contributed by atoms with Crippen LogP contribution in [0.4, 0.5) is 0 Å². The summed E-state index contributed by atoms with van der Waals surface area (Å²) in [5.74, 6) is -0.784. The smallest absolute Gasteiger partial charge is 0.336 e. The van der Waals surface area contributed by atoms with Crippen LogP contribution < -0.4 is 10.6 Å². The van der Waals surface area contributed by atoms with Crippen molar-refractivity contribution >= 4 is 11.9 Å². The molecule has 2 heterocycles. The van der Waals surface area contributed by atoms with Crippen molar-refractivity contribution in [2.24, 2.45) is 0 Å². The molecule has 6 heteroatoms. The zero-order valence-electron chi connectivity index (χ0n) is 14.8. The average Bonchev–Trinajstić information content (AvgIpc) is 2.57. The van der Waals surface area contributed by atoms with Crippen molar-refractivity contribution in [1.82, 2.24) is 10.6 Å². The van der Waals surface area contributed by atoms with Gasteiger partial charge in [-0.25, -0.2) is 9.59 Å². The summed E-state index contributed by atoms with van der Waals surface area (Å²) < 4.78 is 9.93. The van der Waals surface area contributed by atoms with Gasteiger partial charge in [-0.2, -0.15) is 0 Å². The maximum Gasteiger partial charge on any atom is 0.336 e. The Balaban J connectivity index is 0.000000400. The Morgan fingerprint density at radius 2 is 1.54 bits per heavy atom. The summed E-state index contributed by atoms with van der Waals surface area (Å²) >= 11 is 0. The van der Waals surface area contributed by atoms with Crippen molar-refractivity contribution in [3.05, 3.63) is 47.0 Å². The number of hydrogen-bond donors (Lipinski definition) is 2. The highest BCUT2D eigenvalue weighted by atomic mass is 16.5. The highest BCUT2D eigenvalue weighted by Crippen LogP contribution is 2.24. The molecule has 0 aromatic carbocycles. The minimum Gasteiger partial charge on any atom is -0.463 e. The van der Waals surface area contributed by atoms with E-state index in [1.807, 2.05) is 18.4 Å². The molecular weight excluding hydrogens is 308 g/mol. The number of rotatable bonds is 4. The molecule has 132 valence electrons. The van der Waals surface area contributed by atoms with Gasteiger partial charge in [0, 0.05) is 24.4 Å². The van der Waals surface area contributed by atoms with Crippen LogP contribution in [0.1, 0.15) is 34.1 Å². The molecule has 0 saturated carbocycles. The topological polar surface area (TPSA) is 76.7 Å². The molecule has 2 rings (SSSR count). The van der Waals surface area contributed by atoms with E-state index in [1.165, 1.54) is 0 Å². The van der Waals surface area contributed by atoms with Crippen molar-refractivity contribution in [3.63, 3.8) is 0 Å². The van der Waals surface area contributed by atoms with Crippen molar-refractivity contribution < 1.29 is 19.1 Å². The van der Waals surface area contributed by atoms with Crippen molar-refractivity contribution in [1.29, 1.82) is 0 Å². The van der Waals surface area contributed by atoms with Gasteiger partial charge in [0.25, 0.3) is 0 Å². The first kappa shape index (κ1) is 19.5. The maximum atomic E-state index is 11.7. The number of dihydropyridines is 2. The van der Waals surface area contributed by atoms with Crippen LogP contribution in [0.2, 0.25) is 0 Å². The third-order valence-corrected chi connectivity index (χ3v) is 3.37. The molecule has 0 fully saturated rings. The third-order valence-electron chi connectivity index (χ3n) is 3.37. The Morgan fingerprint density at radius 1 is 1.00 bits per heavy atom. The van der Waals surface area contributed by atoms with Crippen LogP contribution in [0.15, 0.2) is 47.0 Å². The maximum absolute atomic E-state index is 11.7. The van der Waals surface area contributed by atoms with E-state index in [0.29, 0.717) is 24.4 Å². The van der Waals surface area contributed by atoms with E-state index >= 15 is 0 Å². The van der Waals surface area contributed by atoms with Gasteiger partial charge in [-0.15, -0.1) is 0 Å². The lowest BCUT2D eigenvalue weighted by molar-refractivity contribution is -0.139. The predicted octanol–water partition coefficient (Wildman–Crippen LogP) is 2.31. The number of hydrogen-bond acceptors (Lipinski definition) is 6. The molecule has 0 unspecified atom stereocenters. The van der Waals surface area contributed by atoms with E-state index in [9.17, 15) is 9.59 Å². The van der Waals surface area contributed by atoms with Crippen LogP contribution in [-0.4, -0.2) is 31.7 Å². The Labute approximate surface area is 143 Å². The summed E-state index contributed by atoms with van der Waals surface area (Å²) in [4.78, 5) is 23.5. The third kappa shape index (κ3) is 5.95. The fourth-order valence-electron chi connectivity index (χ4n) is 2.17. The fraction of sp³-hybridized carbons (Fsp3) is 0.444. The SMILES string of the molecule is C1=CCNC=C1.CCOC(=O)C1=C(C)NC(C)=C(C(=O)OCC)C1. The van der Waals surface area contributed by atoms with E-state index in [0.717, 1.165) is 17.9 Å². The molecule has 2 aliphatic rings. The van der Waals surface area contributed by atoms with Crippen LogP contribution in [0, 0.1) is 0 Å². The van der Waals surface area contributed by atoms with Gasteiger partial charge in [-0.1, -0.05) is 12.2 Å². The zero-order chi connectivity index (χ0) is 17.9. The lowest BCUT2D eigenvalue weighted by atomic mass is 9.98. The molecule has 0 amide bonds. The molecule has 2 N–H and O–H groups in total. The molecule has 0 aromatic rings. The van der Waals surface area contributed by atoms with Gasteiger partial charge in [0.1, 0.15) is 0 Å². The van der Waals surface area contributed by atoms with E-state index in [-0.39, 0.29) is 6.42 Å². The number of esters is 2. The second kappa shape index (κ2) is 10.3. The van der Waals surface area contributed by atoms with E-state index in [1.54, 1.807) is 27.7 Å². The average molecular weight is 334 g/mol. The van der Waals surface area contributed by atoms with Crippen molar-refractivity contribution in [2.45, 2.75) is 34.1 Å². The minimum atomic E-state index is -0.392. The number of ether oxygens (including phenoxy) is 2.